The molecule has 4 aromatic heterocycles. The lowest BCUT2D eigenvalue weighted by Crippen LogP contribution is -2.28. The van der Waals surface area contributed by atoms with Crippen molar-refractivity contribution < 1.29 is 9.59 Å². The van der Waals surface area contributed by atoms with E-state index in [9.17, 15) is 9.59 Å². The van der Waals surface area contributed by atoms with E-state index in [1.807, 2.05) is 87.3 Å². The van der Waals surface area contributed by atoms with Gasteiger partial charge in [0.05, 0.1) is 33.5 Å². The number of fused-ring (bicyclic) bond motifs is 2. The number of unbranched alkanes of at least 4 members (excludes halogenated alkanes) is 1. The third-order valence-corrected chi connectivity index (χ3v) is 9.04. The van der Waals surface area contributed by atoms with E-state index in [0.29, 0.717) is 54.7 Å². The number of benzene rings is 2. The van der Waals surface area contributed by atoms with Gasteiger partial charge >= 0.3 is 0 Å². The molecule has 0 saturated carbocycles. The fourth-order valence-corrected chi connectivity index (χ4v) is 6.70. The second-order valence-electron chi connectivity index (χ2n) is 11.9. The molecule has 0 unspecified atom stereocenters. The van der Waals surface area contributed by atoms with Crippen LogP contribution < -0.4 is 11.2 Å². The van der Waals surface area contributed by atoms with Crippen LogP contribution in [0.25, 0.3) is 22.1 Å². The molecule has 0 aliphatic heterocycles. The van der Waals surface area contributed by atoms with E-state index in [1.54, 1.807) is 21.5 Å². The Kier molecular flexibility index (Phi) is 9.36. The highest BCUT2D eigenvalue weighted by Crippen LogP contribution is 2.21. The monoisotopic (exact) mass is 668 g/mol. The summed E-state index contributed by atoms with van der Waals surface area (Å²) in [5, 5.41) is 8.87. The number of para-hydroxylation sites is 3. The Bertz CT molecular complexity index is 2310. The van der Waals surface area contributed by atoms with Crippen LogP contribution in [0.4, 0.5) is 0 Å². The number of alkyl halides is 1. The van der Waals surface area contributed by atoms with Crippen molar-refractivity contribution in [3.8, 4) is 0 Å². The number of carbonyl (C=O) groups excluding carboxylic acids is 2. The minimum absolute atomic E-state index is 0.326. The van der Waals surface area contributed by atoms with Gasteiger partial charge in [-0.3, -0.25) is 19.0 Å². The number of amides is 2. The van der Waals surface area contributed by atoms with Crippen molar-refractivity contribution in [2.45, 2.75) is 72.6 Å². The Labute approximate surface area is 283 Å². The lowest BCUT2D eigenvalue weighted by Gasteiger charge is -2.09. The molecule has 0 bridgehead atoms. The van der Waals surface area contributed by atoms with Gasteiger partial charge in [-0.15, -0.1) is 11.6 Å². The first kappa shape index (κ1) is 33.0. The zero-order chi connectivity index (χ0) is 34.1. The summed E-state index contributed by atoms with van der Waals surface area (Å²) in [6.45, 7) is 10.1. The van der Waals surface area contributed by atoms with Gasteiger partial charge < -0.3 is 18.3 Å². The molecule has 2 aromatic carbocycles. The third kappa shape index (κ3) is 5.96. The first-order valence-electron chi connectivity index (χ1n) is 16.3. The summed E-state index contributed by atoms with van der Waals surface area (Å²) in [5.41, 5.74) is 8.48. The standard InChI is InChI=1S/C35H41ClN10O2/c1-7-45-29(20-23(3)39-45)32(47)37-34-41(5)26-15-9-10-16-27(26)43(34)18-11-12-19-44-31-25(22-36)14-13-17-28(31)42(6)35(44)38-33(48)30-21-24(4)40-46(30)8-2/h9-10,13-17,20-21H,7-8,11-12,18-19,22H2,1-6H3/b37-34?,38-35+. The lowest BCUT2D eigenvalue weighted by atomic mass is 10.2. The van der Waals surface area contributed by atoms with Gasteiger partial charge in [0.1, 0.15) is 11.4 Å². The fourth-order valence-electron chi connectivity index (χ4n) is 6.49. The number of aryl methyl sites for hydroxylation is 8. The first-order valence-corrected chi connectivity index (χ1v) is 16.8. The number of imidazole rings is 2. The second kappa shape index (κ2) is 13.6. The lowest BCUT2D eigenvalue weighted by molar-refractivity contribution is 0.0977. The zero-order valence-corrected chi connectivity index (χ0v) is 29.1. The van der Waals surface area contributed by atoms with E-state index in [-0.39, 0.29) is 11.8 Å². The normalized spacial score (nSPS) is 12.6. The summed E-state index contributed by atoms with van der Waals surface area (Å²) >= 11 is 6.43. The second-order valence-corrected chi connectivity index (χ2v) is 12.2. The van der Waals surface area contributed by atoms with Gasteiger partial charge in [0.25, 0.3) is 11.8 Å². The smallest absolute Gasteiger partial charge is 0.298 e. The minimum Gasteiger partial charge on any atom is -0.313 e. The van der Waals surface area contributed by atoms with Crippen LogP contribution in [0.2, 0.25) is 0 Å². The highest BCUT2D eigenvalue weighted by molar-refractivity contribution is 6.17. The Morgan fingerprint density at radius 2 is 1.21 bits per heavy atom. The van der Waals surface area contributed by atoms with Crippen LogP contribution in [0.3, 0.4) is 0 Å². The summed E-state index contributed by atoms with van der Waals surface area (Å²) in [6.07, 6.45) is 1.55. The van der Waals surface area contributed by atoms with Gasteiger partial charge in [-0.25, -0.2) is 0 Å². The molecule has 0 N–H and O–H groups in total. The van der Waals surface area contributed by atoms with E-state index < -0.39 is 0 Å². The summed E-state index contributed by atoms with van der Waals surface area (Å²) in [7, 11) is 3.86. The largest absolute Gasteiger partial charge is 0.313 e. The van der Waals surface area contributed by atoms with Crippen LogP contribution >= 0.6 is 11.6 Å². The maximum absolute atomic E-state index is 13.5. The Hall–Kier alpha value is -4.97. The number of nitrogens with zero attached hydrogens (tertiary/aromatic N) is 10. The number of aromatic nitrogens is 8. The van der Waals surface area contributed by atoms with Gasteiger partial charge in [-0.2, -0.15) is 20.2 Å². The molecule has 6 aromatic rings. The average Bonchev–Trinajstić information content (AvgIpc) is 3.81. The molecule has 12 nitrogen and oxygen atoms in total. The third-order valence-electron chi connectivity index (χ3n) is 8.75. The molecule has 13 heteroatoms. The van der Waals surface area contributed by atoms with Crippen LogP contribution in [0.15, 0.2) is 64.6 Å². The average molecular weight is 669 g/mol. The van der Waals surface area contributed by atoms with Crippen LogP contribution in [0.1, 0.15) is 64.6 Å². The van der Waals surface area contributed by atoms with Gasteiger partial charge in [-0.05, 0) is 76.4 Å². The van der Waals surface area contributed by atoms with E-state index in [2.05, 4.69) is 35.4 Å². The molecule has 2 amide bonds. The fraction of sp³-hybridized carbons (Fsp3) is 0.371. The Morgan fingerprint density at radius 3 is 1.77 bits per heavy atom. The van der Waals surface area contributed by atoms with Crippen LogP contribution in [0.5, 0.6) is 0 Å². The summed E-state index contributed by atoms with van der Waals surface area (Å²) in [6, 6.07) is 17.6. The molecule has 48 heavy (non-hydrogen) atoms. The summed E-state index contributed by atoms with van der Waals surface area (Å²) < 4.78 is 11.5. The molecule has 0 saturated heterocycles. The van der Waals surface area contributed by atoms with Gasteiger partial charge in [0.15, 0.2) is 0 Å². The van der Waals surface area contributed by atoms with Crippen LogP contribution in [-0.2, 0) is 46.2 Å². The van der Waals surface area contributed by atoms with Crippen molar-refractivity contribution in [3.05, 3.63) is 94.2 Å². The highest BCUT2D eigenvalue weighted by Gasteiger charge is 2.18. The molecule has 6 rings (SSSR count). The van der Waals surface area contributed by atoms with Gasteiger partial charge in [0, 0.05) is 46.2 Å². The van der Waals surface area contributed by atoms with Crippen molar-refractivity contribution in [1.82, 2.24) is 37.8 Å². The molecule has 0 aliphatic carbocycles. The van der Waals surface area contributed by atoms with Crippen molar-refractivity contribution in [2.24, 2.45) is 24.1 Å². The number of halogens is 1. The molecule has 0 fully saturated rings. The van der Waals surface area contributed by atoms with Gasteiger partial charge in [-0.1, -0.05) is 24.3 Å². The predicted molar refractivity (Wildman–Crippen MR) is 186 cm³/mol. The van der Waals surface area contributed by atoms with Crippen LogP contribution in [0, 0.1) is 13.8 Å². The number of hydrogen-bond acceptors (Lipinski definition) is 4. The van der Waals surface area contributed by atoms with Crippen LogP contribution in [-0.4, -0.2) is 49.6 Å². The van der Waals surface area contributed by atoms with Crippen molar-refractivity contribution in [3.63, 3.8) is 0 Å². The predicted octanol–water partition coefficient (Wildman–Crippen LogP) is 5.02. The van der Waals surface area contributed by atoms with Crippen molar-refractivity contribution in [1.29, 1.82) is 0 Å². The van der Waals surface area contributed by atoms with E-state index >= 15 is 0 Å². The molecular weight excluding hydrogens is 628 g/mol. The van der Waals surface area contributed by atoms with Crippen molar-refractivity contribution >= 4 is 45.5 Å². The molecule has 0 aliphatic rings. The Balaban J connectivity index is 1.35. The maximum Gasteiger partial charge on any atom is 0.298 e. The molecule has 0 radical (unpaired) electrons. The highest BCUT2D eigenvalue weighted by atomic mass is 35.5. The van der Waals surface area contributed by atoms with E-state index in [4.69, 9.17) is 11.6 Å². The SMILES string of the molecule is CCn1nc(C)cc1C(=O)N=c1n(C)c2ccccc2n1CCCCn1/c(=N/C(=O)c2cc(C)nn2CC)n(C)c2cccc(CCl)c21. The van der Waals surface area contributed by atoms with E-state index in [0.717, 1.165) is 51.9 Å². The summed E-state index contributed by atoms with van der Waals surface area (Å²) in [5.74, 6) is -0.337. The molecule has 250 valence electrons. The summed E-state index contributed by atoms with van der Waals surface area (Å²) in [4.78, 5) is 36.2. The van der Waals surface area contributed by atoms with Crippen molar-refractivity contribution in [2.75, 3.05) is 0 Å². The minimum atomic E-state index is -0.341. The topological polar surface area (TPSA) is 114 Å². The first-order chi connectivity index (χ1) is 23.2. The maximum atomic E-state index is 13.5. The Morgan fingerprint density at radius 1 is 0.708 bits per heavy atom. The number of carbonyl (C=O) groups is 2. The quantitative estimate of drug-likeness (QED) is 0.151. The van der Waals surface area contributed by atoms with E-state index in [1.165, 1.54) is 0 Å². The zero-order valence-electron chi connectivity index (χ0n) is 28.3. The number of rotatable bonds is 10. The molecular formula is C35H41ClN10O2. The number of hydrogen-bond donors (Lipinski definition) is 0. The molecule has 4 heterocycles. The molecule has 0 spiro atoms. The van der Waals surface area contributed by atoms with Gasteiger partial charge in [0.2, 0.25) is 11.2 Å². The molecule has 0 atom stereocenters.